The van der Waals surface area contributed by atoms with Crippen molar-refractivity contribution in [3.63, 3.8) is 0 Å². The van der Waals surface area contributed by atoms with Gasteiger partial charge in [0.1, 0.15) is 6.61 Å². The Hall–Kier alpha value is -2.98. The molecule has 0 aliphatic heterocycles. The van der Waals surface area contributed by atoms with Crippen LogP contribution in [0.25, 0.3) is 0 Å². The lowest BCUT2D eigenvalue weighted by molar-refractivity contribution is -0.198. The van der Waals surface area contributed by atoms with Crippen molar-refractivity contribution >= 4 is 35.6 Å². The molecule has 0 fully saturated rings. The molecule has 37 heavy (non-hydrogen) atoms. The van der Waals surface area contributed by atoms with Gasteiger partial charge in [0.25, 0.3) is 0 Å². The SMILES string of the molecule is CC(C)C(=O)OCC(=O)[C@@H](OC(=O)C(C)C)[C@H](OC(=O)C(C)C)[C@@H](COC(=O)C(C)C)OC(=O)C(C)C. The third kappa shape index (κ3) is 12.2. The summed E-state index contributed by atoms with van der Waals surface area (Å²) in [4.78, 5) is 74.9. The molecule has 0 rings (SSSR count). The summed E-state index contributed by atoms with van der Waals surface area (Å²) in [6.07, 6.45) is -5.01. The normalized spacial score (nSPS) is 13.8. The van der Waals surface area contributed by atoms with E-state index in [-0.39, 0.29) is 0 Å². The third-order valence-electron chi connectivity index (χ3n) is 4.85. The van der Waals surface area contributed by atoms with Crippen LogP contribution in [0.15, 0.2) is 0 Å². The van der Waals surface area contributed by atoms with Gasteiger partial charge in [-0.3, -0.25) is 28.8 Å². The minimum Gasteiger partial charge on any atom is -0.461 e. The summed E-state index contributed by atoms with van der Waals surface area (Å²) < 4.78 is 26.6. The van der Waals surface area contributed by atoms with Gasteiger partial charge in [0.05, 0.1) is 29.6 Å². The monoisotopic (exact) mass is 530 g/mol. The largest absolute Gasteiger partial charge is 0.461 e. The Bertz CT molecular complexity index is 811. The number of rotatable bonds is 15. The lowest BCUT2D eigenvalue weighted by atomic mass is 10.0. The summed E-state index contributed by atoms with van der Waals surface area (Å²) in [6, 6.07) is 0. The minimum absolute atomic E-state index is 0.523. The molecule has 11 nitrogen and oxygen atoms in total. The highest BCUT2D eigenvalue weighted by Crippen LogP contribution is 2.20. The van der Waals surface area contributed by atoms with Crippen LogP contribution in [0.5, 0.6) is 0 Å². The van der Waals surface area contributed by atoms with E-state index in [2.05, 4.69) is 0 Å². The van der Waals surface area contributed by atoms with E-state index in [0.29, 0.717) is 0 Å². The van der Waals surface area contributed by atoms with Gasteiger partial charge in [-0.1, -0.05) is 69.2 Å². The van der Waals surface area contributed by atoms with Crippen molar-refractivity contribution in [2.75, 3.05) is 13.2 Å². The molecule has 0 aliphatic carbocycles. The first-order valence-corrected chi connectivity index (χ1v) is 12.5. The van der Waals surface area contributed by atoms with Gasteiger partial charge in [0, 0.05) is 0 Å². The number of hydrogen-bond acceptors (Lipinski definition) is 11. The molecular weight excluding hydrogens is 488 g/mol. The Morgan fingerprint density at radius 1 is 0.486 bits per heavy atom. The molecule has 0 aliphatic rings. The van der Waals surface area contributed by atoms with Crippen LogP contribution in [0.2, 0.25) is 0 Å². The van der Waals surface area contributed by atoms with Crippen LogP contribution in [0.1, 0.15) is 69.2 Å². The molecule has 11 heteroatoms. The van der Waals surface area contributed by atoms with Gasteiger partial charge in [-0.05, 0) is 0 Å². The van der Waals surface area contributed by atoms with E-state index in [1.54, 1.807) is 41.5 Å². The molecule has 0 unspecified atom stereocenters. The fraction of sp³-hybridized carbons (Fsp3) is 0.769. The highest BCUT2D eigenvalue weighted by atomic mass is 16.6. The van der Waals surface area contributed by atoms with E-state index in [4.69, 9.17) is 23.7 Å². The van der Waals surface area contributed by atoms with E-state index in [9.17, 15) is 28.8 Å². The summed E-state index contributed by atoms with van der Waals surface area (Å²) in [5.74, 6) is -7.57. The van der Waals surface area contributed by atoms with Crippen LogP contribution in [-0.2, 0) is 52.5 Å². The third-order valence-corrected chi connectivity index (χ3v) is 4.85. The Morgan fingerprint density at radius 2 is 0.865 bits per heavy atom. The summed E-state index contributed by atoms with van der Waals surface area (Å²) in [7, 11) is 0. The first kappa shape index (κ1) is 34.0. The summed E-state index contributed by atoms with van der Waals surface area (Å²) in [5.41, 5.74) is 0. The quantitative estimate of drug-likeness (QED) is 0.227. The predicted molar refractivity (Wildman–Crippen MR) is 131 cm³/mol. The van der Waals surface area contributed by atoms with Gasteiger partial charge in [0.15, 0.2) is 18.8 Å². The number of carbonyl (C=O) groups excluding carboxylic acids is 6. The zero-order chi connectivity index (χ0) is 29.0. The van der Waals surface area contributed by atoms with Crippen LogP contribution in [0.4, 0.5) is 0 Å². The van der Waals surface area contributed by atoms with Gasteiger partial charge < -0.3 is 23.7 Å². The van der Waals surface area contributed by atoms with Crippen molar-refractivity contribution in [1.29, 1.82) is 0 Å². The van der Waals surface area contributed by atoms with Crippen molar-refractivity contribution < 1.29 is 52.5 Å². The van der Waals surface area contributed by atoms with Crippen molar-refractivity contribution in [3.05, 3.63) is 0 Å². The zero-order valence-electron chi connectivity index (χ0n) is 23.5. The fourth-order valence-corrected chi connectivity index (χ4v) is 2.38. The molecule has 3 atom stereocenters. The van der Waals surface area contributed by atoms with E-state index in [0.717, 1.165) is 0 Å². The molecule has 0 aromatic heterocycles. The highest BCUT2D eigenvalue weighted by Gasteiger charge is 2.44. The van der Waals surface area contributed by atoms with Gasteiger partial charge in [0.2, 0.25) is 11.9 Å². The molecule has 0 saturated carbocycles. The lowest BCUT2D eigenvalue weighted by Crippen LogP contribution is -2.53. The van der Waals surface area contributed by atoms with Crippen LogP contribution in [-0.4, -0.2) is 67.2 Å². The first-order valence-electron chi connectivity index (χ1n) is 12.5. The summed E-state index contributed by atoms with van der Waals surface area (Å²) in [6.45, 7) is 14.2. The number of ketones is 1. The molecule has 0 N–H and O–H groups in total. The van der Waals surface area contributed by atoms with Crippen molar-refractivity contribution in [2.45, 2.75) is 87.5 Å². The number of esters is 5. The molecule has 0 amide bonds. The fourth-order valence-electron chi connectivity index (χ4n) is 2.38. The van der Waals surface area contributed by atoms with Crippen molar-refractivity contribution in [3.8, 4) is 0 Å². The maximum atomic E-state index is 13.2. The second kappa shape index (κ2) is 16.0. The predicted octanol–water partition coefficient (Wildman–Crippen LogP) is 2.66. The molecule has 0 heterocycles. The van der Waals surface area contributed by atoms with E-state index >= 15 is 0 Å². The summed E-state index contributed by atoms with van der Waals surface area (Å²) in [5, 5.41) is 0. The minimum atomic E-state index is -1.82. The highest BCUT2D eigenvalue weighted by molar-refractivity contribution is 5.89. The molecule has 212 valence electrons. The zero-order valence-corrected chi connectivity index (χ0v) is 23.5. The average molecular weight is 531 g/mol. The van der Waals surface area contributed by atoms with Crippen LogP contribution < -0.4 is 0 Å². The molecule has 0 saturated heterocycles. The first-order chi connectivity index (χ1) is 17.0. The van der Waals surface area contributed by atoms with Crippen LogP contribution in [0, 0.1) is 29.6 Å². The van der Waals surface area contributed by atoms with Gasteiger partial charge in [-0.2, -0.15) is 0 Å². The second-order valence-electron chi connectivity index (χ2n) is 10.2. The van der Waals surface area contributed by atoms with Crippen molar-refractivity contribution in [1.82, 2.24) is 0 Å². The second-order valence-corrected chi connectivity index (χ2v) is 10.2. The number of Topliss-reactive ketones (excluding diaryl/α,β-unsaturated/α-hetero) is 1. The Kier molecular flexibility index (Phi) is 14.7. The number of ether oxygens (including phenoxy) is 5. The van der Waals surface area contributed by atoms with E-state index < -0.39 is 96.7 Å². The van der Waals surface area contributed by atoms with E-state index in [1.165, 1.54) is 27.7 Å². The maximum Gasteiger partial charge on any atom is 0.309 e. The smallest absolute Gasteiger partial charge is 0.309 e. The van der Waals surface area contributed by atoms with Gasteiger partial charge in [-0.25, -0.2) is 0 Å². The number of hydrogen-bond donors (Lipinski definition) is 0. The molecule has 0 aromatic carbocycles. The average Bonchev–Trinajstić information content (AvgIpc) is 2.80. The van der Waals surface area contributed by atoms with Crippen LogP contribution >= 0.6 is 0 Å². The van der Waals surface area contributed by atoms with E-state index in [1.807, 2.05) is 0 Å². The molecule has 0 bridgehead atoms. The topological polar surface area (TPSA) is 149 Å². The lowest BCUT2D eigenvalue weighted by Gasteiger charge is -2.32. The Labute approximate surface area is 218 Å². The molecule has 0 aromatic rings. The van der Waals surface area contributed by atoms with Gasteiger partial charge in [-0.15, -0.1) is 0 Å². The molecular formula is C26H42O11. The summed E-state index contributed by atoms with van der Waals surface area (Å²) >= 11 is 0. The maximum absolute atomic E-state index is 13.2. The standard InChI is InChI=1S/C26H42O11/c1-13(2)22(28)33-11-18(27)20(36-25(31)16(7)8)21(37-26(32)17(9)10)19(35-24(30)15(5)6)12-34-23(29)14(3)4/h13-17,19-21H,11-12H2,1-10H3/t19-,20-,21-/m1/s1. The Balaban J connectivity index is 6.53. The molecule has 0 spiro atoms. The van der Waals surface area contributed by atoms with Crippen LogP contribution in [0.3, 0.4) is 0 Å². The van der Waals surface area contributed by atoms with Gasteiger partial charge >= 0.3 is 29.8 Å². The number of carbonyl (C=O) groups is 6. The molecule has 0 radical (unpaired) electrons. The van der Waals surface area contributed by atoms with Crippen molar-refractivity contribution in [2.24, 2.45) is 29.6 Å². The Morgan fingerprint density at radius 3 is 1.30 bits per heavy atom.